The third kappa shape index (κ3) is 14.9. The Morgan fingerprint density at radius 2 is 1.21 bits per heavy atom. The van der Waals surface area contributed by atoms with Crippen LogP contribution in [0.1, 0.15) is 110 Å². The van der Waals surface area contributed by atoms with Crippen LogP contribution in [0, 0.1) is 13.8 Å². The van der Waals surface area contributed by atoms with Crippen molar-refractivity contribution in [1.82, 2.24) is 30.9 Å². The minimum Gasteiger partial charge on any atom is -0.480 e. The molecule has 20 heteroatoms. The summed E-state index contributed by atoms with van der Waals surface area (Å²) < 4.78 is 20.1. The first-order chi connectivity index (χ1) is 21.0. The fourth-order valence-corrected chi connectivity index (χ4v) is 3.37. The SMILES string of the molecule is C/C(N)=N/O.CC(C)(C)OC(=O)NC1(C(=O)O)CC1.Cc1noc(C2(N)CC2)n1.Cc1noc(C2(NC(=O)OC(C)(C)C)CC2)n1.Cl.Cl. The van der Waals surface area contributed by atoms with E-state index in [9.17, 15) is 14.4 Å². The van der Waals surface area contributed by atoms with Crippen molar-refractivity contribution in [2.45, 2.75) is 129 Å². The minimum atomic E-state index is -1.07. The van der Waals surface area contributed by atoms with E-state index in [1.54, 1.807) is 34.6 Å². The highest BCUT2D eigenvalue weighted by Gasteiger charge is 2.53. The maximum absolute atomic E-state index is 11.7. The van der Waals surface area contributed by atoms with Crippen LogP contribution >= 0.6 is 24.8 Å². The number of aromatic nitrogens is 4. The summed E-state index contributed by atoms with van der Waals surface area (Å²) in [6, 6.07) is 0. The molecule has 0 unspecified atom stereocenters. The van der Waals surface area contributed by atoms with E-state index >= 15 is 0 Å². The largest absolute Gasteiger partial charge is 0.480 e. The molecule has 3 aliphatic rings. The van der Waals surface area contributed by atoms with Crippen molar-refractivity contribution >= 4 is 48.8 Å². The zero-order chi connectivity index (χ0) is 35.1. The number of nitrogens with zero attached hydrogens (tertiary/aromatic N) is 5. The van der Waals surface area contributed by atoms with E-state index in [4.69, 9.17) is 40.3 Å². The van der Waals surface area contributed by atoms with Crippen molar-refractivity contribution in [1.29, 1.82) is 0 Å². The third-order valence-electron chi connectivity index (χ3n) is 6.23. The second-order valence-corrected chi connectivity index (χ2v) is 13.4. The second-order valence-electron chi connectivity index (χ2n) is 13.4. The van der Waals surface area contributed by atoms with Gasteiger partial charge in [-0.15, -0.1) is 24.8 Å². The third-order valence-corrected chi connectivity index (χ3v) is 6.23. The summed E-state index contributed by atoms with van der Waals surface area (Å²) in [4.78, 5) is 41.8. The van der Waals surface area contributed by atoms with Crippen molar-refractivity contribution in [3.05, 3.63) is 23.4 Å². The van der Waals surface area contributed by atoms with Crippen LogP contribution in [0.15, 0.2) is 14.2 Å². The van der Waals surface area contributed by atoms with Gasteiger partial charge in [-0.25, -0.2) is 14.4 Å². The van der Waals surface area contributed by atoms with Crippen LogP contribution in [0.4, 0.5) is 9.59 Å². The number of carbonyl (C=O) groups is 3. The number of hydrogen-bond acceptors (Lipinski definition) is 14. The summed E-state index contributed by atoms with van der Waals surface area (Å²) in [5.41, 5.74) is 7.62. The number of ether oxygens (including phenoxy) is 2. The van der Waals surface area contributed by atoms with Gasteiger partial charge < -0.3 is 50.9 Å². The van der Waals surface area contributed by atoms with Crippen LogP contribution in [0.5, 0.6) is 0 Å². The van der Waals surface area contributed by atoms with Gasteiger partial charge in [-0.2, -0.15) is 9.97 Å². The lowest BCUT2D eigenvalue weighted by molar-refractivity contribution is -0.140. The number of aryl methyl sites for hydroxylation is 2. The normalized spacial score (nSPS) is 17.2. The van der Waals surface area contributed by atoms with Crippen LogP contribution in [-0.2, 0) is 25.3 Å². The molecule has 3 fully saturated rings. The monoisotopic (exact) mass is 725 g/mol. The van der Waals surface area contributed by atoms with E-state index in [0.717, 1.165) is 25.7 Å². The predicted molar refractivity (Wildman–Crippen MR) is 176 cm³/mol. The minimum absolute atomic E-state index is 0. The fourth-order valence-electron chi connectivity index (χ4n) is 3.37. The van der Waals surface area contributed by atoms with E-state index in [1.165, 1.54) is 6.92 Å². The van der Waals surface area contributed by atoms with Crippen LogP contribution < -0.4 is 22.1 Å². The lowest BCUT2D eigenvalue weighted by Gasteiger charge is -2.21. The summed E-state index contributed by atoms with van der Waals surface area (Å²) in [6.07, 6.45) is 3.36. The van der Waals surface area contributed by atoms with Gasteiger partial charge in [0.25, 0.3) is 5.89 Å². The molecule has 3 saturated carbocycles. The zero-order valence-corrected chi connectivity index (χ0v) is 30.3. The van der Waals surface area contributed by atoms with Gasteiger partial charge in [0.15, 0.2) is 11.6 Å². The fraction of sp³-hybridized carbons (Fsp3) is 0.714. The first-order valence-electron chi connectivity index (χ1n) is 14.6. The molecule has 0 aliphatic heterocycles. The molecule has 8 N–H and O–H groups in total. The standard InChI is InChI=1S/C11H17N3O3.C9H15NO4.C6H9N3O.C2H6N2O.2ClH/c1-7-12-8(17-14-7)11(5-6-11)13-9(15)16-10(2,3)4;1-8(2,3)14-7(13)10-9(4-5-9)6(11)12;1-4-8-5(10-9-4)6(7)2-3-6;1-2(3)4-5;;/h5-6H2,1-4H3,(H,13,15);4-5H2,1-3H3,(H,10,13)(H,11,12);2-3,7H2,1H3;5H,1H3,(H2,3,4);2*1H. The highest BCUT2D eigenvalue weighted by atomic mass is 35.5. The molecule has 2 aromatic rings. The van der Waals surface area contributed by atoms with Gasteiger partial charge in [-0.3, -0.25) is 0 Å². The molecular formula is C28H49Cl2N9O9. The number of hydrogen-bond donors (Lipinski definition) is 6. The molecule has 2 heterocycles. The molecule has 0 atom stereocenters. The summed E-state index contributed by atoms with van der Waals surface area (Å²) in [5, 5.41) is 31.5. The maximum atomic E-state index is 11.7. The Hall–Kier alpha value is -3.90. The second kappa shape index (κ2) is 17.0. The van der Waals surface area contributed by atoms with E-state index < -0.39 is 40.4 Å². The summed E-state index contributed by atoms with van der Waals surface area (Å²) >= 11 is 0. The molecule has 0 radical (unpaired) electrons. The average Bonchev–Trinajstić information content (AvgIpc) is 3.87. The number of amidine groups is 1. The van der Waals surface area contributed by atoms with E-state index in [1.807, 2.05) is 20.8 Å². The number of nitrogens with two attached hydrogens (primary N) is 2. The predicted octanol–water partition coefficient (Wildman–Crippen LogP) is 3.94. The lowest BCUT2D eigenvalue weighted by Crippen LogP contribution is -2.45. The summed E-state index contributed by atoms with van der Waals surface area (Å²) in [7, 11) is 0. The van der Waals surface area contributed by atoms with Gasteiger partial charge in [-0.1, -0.05) is 15.5 Å². The molecule has 2 amide bonds. The molecule has 48 heavy (non-hydrogen) atoms. The Morgan fingerprint density at radius 1 is 0.812 bits per heavy atom. The number of alkyl carbamates (subject to hydrolysis) is 2. The number of oxime groups is 1. The van der Waals surface area contributed by atoms with Crippen LogP contribution in [0.2, 0.25) is 0 Å². The van der Waals surface area contributed by atoms with E-state index in [-0.39, 0.29) is 36.2 Å². The van der Waals surface area contributed by atoms with Crippen LogP contribution in [0.3, 0.4) is 0 Å². The molecule has 0 spiro atoms. The number of carboxylic acid groups (broad SMARTS) is 1. The molecule has 3 aliphatic carbocycles. The Balaban J connectivity index is 0.000000646. The molecule has 274 valence electrons. The Labute approximate surface area is 291 Å². The van der Waals surface area contributed by atoms with Crippen molar-refractivity contribution < 1.29 is 43.2 Å². The molecule has 0 saturated heterocycles. The Morgan fingerprint density at radius 3 is 1.48 bits per heavy atom. The molecule has 5 rings (SSSR count). The smallest absolute Gasteiger partial charge is 0.408 e. The molecule has 0 aromatic carbocycles. The first-order valence-corrected chi connectivity index (χ1v) is 14.6. The Bertz CT molecular complexity index is 1390. The van der Waals surface area contributed by atoms with Crippen LogP contribution in [0.25, 0.3) is 0 Å². The van der Waals surface area contributed by atoms with Gasteiger partial charge in [0.2, 0.25) is 5.89 Å². The van der Waals surface area contributed by atoms with Crippen molar-refractivity contribution in [3.8, 4) is 0 Å². The molecule has 2 aromatic heterocycles. The summed E-state index contributed by atoms with van der Waals surface area (Å²) in [5.74, 6) is 1.46. The molecule has 18 nitrogen and oxygen atoms in total. The number of aliphatic carboxylic acids is 1. The number of halogens is 2. The summed E-state index contributed by atoms with van der Waals surface area (Å²) in [6.45, 7) is 15.7. The number of carboxylic acids is 1. The van der Waals surface area contributed by atoms with Crippen LogP contribution in [-0.4, -0.2) is 71.3 Å². The van der Waals surface area contributed by atoms with Gasteiger partial charge in [0.05, 0.1) is 5.54 Å². The highest BCUT2D eigenvalue weighted by molar-refractivity contribution is 5.87. The number of nitrogens with one attached hydrogen (secondary N) is 2. The zero-order valence-electron chi connectivity index (χ0n) is 28.7. The number of amides is 2. The molecular weight excluding hydrogens is 677 g/mol. The maximum Gasteiger partial charge on any atom is 0.408 e. The van der Waals surface area contributed by atoms with Gasteiger partial charge in [0.1, 0.15) is 28.1 Å². The van der Waals surface area contributed by atoms with E-state index in [2.05, 4.69) is 36.1 Å². The first kappa shape index (κ1) is 44.1. The van der Waals surface area contributed by atoms with Crippen molar-refractivity contribution in [2.24, 2.45) is 16.6 Å². The van der Waals surface area contributed by atoms with Gasteiger partial charge in [-0.05, 0) is 101 Å². The van der Waals surface area contributed by atoms with Gasteiger partial charge >= 0.3 is 18.2 Å². The van der Waals surface area contributed by atoms with Gasteiger partial charge in [0, 0.05) is 0 Å². The average molecular weight is 727 g/mol. The number of rotatable bonds is 5. The Kier molecular flexibility index (Phi) is 15.6. The number of carbonyl (C=O) groups excluding carboxylic acids is 2. The van der Waals surface area contributed by atoms with E-state index in [0.29, 0.717) is 36.3 Å². The quantitative estimate of drug-likeness (QED) is 0.110. The lowest BCUT2D eigenvalue weighted by atomic mass is 10.2. The molecule has 0 bridgehead atoms. The topological polar surface area (TPSA) is 276 Å². The highest BCUT2D eigenvalue weighted by Crippen LogP contribution is 2.45. The van der Waals surface area contributed by atoms with Crippen molar-refractivity contribution in [2.75, 3.05) is 0 Å². The van der Waals surface area contributed by atoms with Crippen molar-refractivity contribution in [3.63, 3.8) is 0 Å².